The van der Waals surface area contributed by atoms with Gasteiger partial charge in [0.2, 0.25) is 0 Å². The summed E-state index contributed by atoms with van der Waals surface area (Å²) >= 11 is 1.39. The lowest BCUT2D eigenvalue weighted by Crippen LogP contribution is -2.32. The fraction of sp³-hybridized carbons (Fsp3) is 0.733. The van der Waals surface area contributed by atoms with E-state index in [4.69, 9.17) is 5.73 Å². The van der Waals surface area contributed by atoms with Crippen molar-refractivity contribution in [2.45, 2.75) is 39.0 Å². The fourth-order valence-corrected chi connectivity index (χ4v) is 3.79. The lowest BCUT2D eigenvalue weighted by Gasteiger charge is -2.26. The van der Waals surface area contributed by atoms with Gasteiger partial charge in [0.05, 0.1) is 0 Å². The zero-order chi connectivity index (χ0) is 15.4. The van der Waals surface area contributed by atoms with Gasteiger partial charge in [-0.15, -0.1) is 0 Å². The van der Waals surface area contributed by atoms with Gasteiger partial charge < -0.3 is 15.5 Å². The van der Waals surface area contributed by atoms with E-state index in [2.05, 4.69) is 4.98 Å². The van der Waals surface area contributed by atoms with Crippen molar-refractivity contribution < 1.29 is 4.79 Å². The van der Waals surface area contributed by atoms with Crippen molar-refractivity contribution in [2.24, 2.45) is 5.92 Å². The standard InChI is InChI=1S/C15H26N4OS/c1-4-18(2)15-17-13(16)12(21-15)14(20)19(3)10-11-8-6-5-7-9-11/h11H,4-10,16H2,1-3H3. The van der Waals surface area contributed by atoms with E-state index in [9.17, 15) is 4.79 Å². The van der Waals surface area contributed by atoms with E-state index < -0.39 is 0 Å². The highest BCUT2D eigenvalue weighted by Gasteiger charge is 2.23. The maximum Gasteiger partial charge on any atom is 0.267 e. The Morgan fingerprint density at radius 3 is 2.62 bits per heavy atom. The summed E-state index contributed by atoms with van der Waals surface area (Å²) in [5.41, 5.74) is 5.93. The third kappa shape index (κ3) is 3.87. The Hall–Kier alpha value is -1.30. The Morgan fingerprint density at radius 2 is 2.00 bits per heavy atom. The summed E-state index contributed by atoms with van der Waals surface area (Å²) < 4.78 is 0. The molecule has 1 aromatic rings. The molecule has 0 aromatic carbocycles. The number of nitrogens with two attached hydrogens (primary N) is 1. The van der Waals surface area contributed by atoms with Crippen LogP contribution in [-0.2, 0) is 0 Å². The topological polar surface area (TPSA) is 62.5 Å². The molecule has 1 heterocycles. The van der Waals surface area contributed by atoms with E-state index in [1.54, 1.807) is 0 Å². The molecule has 1 fully saturated rings. The van der Waals surface area contributed by atoms with Crippen LogP contribution in [0.1, 0.15) is 48.7 Å². The Kier molecular flexibility index (Phi) is 5.45. The predicted octanol–water partition coefficient (Wildman–Crippen LogP) is 2.83. The fourth-order valence-electron chi connectivity index (χ4n) is 2.79. The monoisotopic (exact) mass is 310 g/mol. The summed E-state index contributed by atoms with van der Waals surface area (Å²) in [5, 5.41) is 0.810. The Labute approximate surface area is 131 Å². The highest BCUT2D eigenvalue weighted by atomic mass is 32.1. The average Bonchev–Trinajstić information content (AvgIpc) is 2.88. The molecule has 0 saturated heterocycles. The van der Waals surface area contributed by atoms with Crippen LogP contribution in [0.15, 0.2) is 0 Å². The Morgan fingerprint density at radius 1 is 1.33 bits per heavy atom. The van der Waals surface area contributed by atoms with Crippen molar-refractivity contribution in [3.63, 3.8) is 0 Å². The Bertz CT molecular complexity index is 482. The first-order valence-corrected chi connectivity index (χ1v) is 8.57. The Balaban J connectivity index is 2.02. The van der Waals surface area contributed by atoms with Gasteiger partial charge in [-0.05, 0) is 25.7 Å². The highest BCUT2D eigenvalue weighted by molar-refractivity contribution is 7.18. The number of amides is 1. The van der Waals surface area contributed by atoms with Crippen LogP contribution in [0.3, 0.4) is 0 Å². The van der Waals surface area contributed by atoms with Crippen molar-refractivity contribution in [2.75, 3.05) is 37.8 Å². The molecule has 21 heavy (non-hydrogen) atoms. The van der Waals surface area contributed by atoms with Crippen molar-refractivity contribution >= 4 is 28.2 Å². The summed E-state index contributed by atoms with van der Waals surface area (Å²) in [5.74, 6) is 1.00. The molecule has 0 aliphatic heterocycles. The number of thiazole rings is 1. The van der Waals surface area contributed by atoms with Crippen LogP contribution in [0.5, 0.6) is 0 Å². The quantitative estimate of drug-likeness (QED) is 0.908. The van der Waals surface area contributed by atoms with Crippen molar-refractivity contribution in [3.8, 4) is 0 Å². The number of nitrogen functional groups attached to an aromatic ring is 1. The second-order valence-corrected chi connectivity index (χ2v) is 6.89. The van der Waals surface area contributed by atoms with Crippen LogP contribution < -0.4 is 10.6 Å². The zero-order valence-corrected chi connectivity index (χ0v) is 14.1. The van der Waals surface area contributed by atoms with Gasteiger partial charge in [0, 0.05) is 27.2 Å². The molecule has 0 radical (unpaired) electrons. The number of nitrogens with zero attached hydrogens (tertiary/aromatic N) is 3. The number of rotatable bonds is 5. The van der Waals surface area contributed by atoms with Gasteiger partial charge in [0.25, 0.3) is 5.91 Å². The molecule has 1 saturated carbocycles. The van der Waals surface area contributed by atoms with Crippen LogP contribution in [0.25, 0.3) is 0 Å². The molecule has 0 atom stereocenters. The van der Waals surface area contributed by atoms with Gasteiger partial charge >= 0.3 is 0 Å². The first-order chi connectivity index (χ1) is 10.0. The van der Waals surface area contributed by atoms with Gasteiger partial charge in [0.15, 0.2) is 5.13 Å². The molecule has 6 heteroatoms. The number of aromatic nitrogens is 1. The van der Waals surface area contributed by atoms with Crippen LogP contribution in [-0.4, -0.2) is 43.0 Å². The largest absolute Gasteiger partial charge is 0.382 e. The minimum Gasteiger partial charge on any atom is -0.382 e. The predicted molar refractivity (Wildman–Crippen MR) is 89.0 cm³/mol. The summed E-state index contributed by atoms with van der Waals surface area (Å²) in [6.45, 7) is 3.72. The summed E-state index contributed by atoms with van der Waals surface area (Å²) in [7, 11) is 3.83. The van der Waals surface area contributed by atoms with Gasteiger partial charge in [-0.25, -0.2) is 4.98 Å². The summed E-state index contributed by atoms with van der Waals surface area (Å²) in [6.07, 6.45) is 6.39. The second-order valence-electron chi connectivity index (χ2n) is 5.91. The van der Waals surface area contributed by atoms with E-state index in [0.717, 1.165) is 18.2 Å². The van der Waals surface area contributed by atoms with Gasteiger partial charge in [-0.1, -0.05) is 30.6 Å². The molecule has 1 amide bonds. The van der Waals surface area contributed by atoms with Crippen LogP contribution in [0, 0.1) is 5.92 Å². The lowest BCUT2D eigenvalue weighted by molar-refractivity contribution is 0.0766. The number of hydrogen-bond donors (Lipinski definition) is 1. The molecule has 2 rings (SSSR count). The third-order valence-electron chi connectivity index (χ3n) is 4.24. The molecule has 1 aliphatic rings. The van der Waals surface area contributed by atoms with Crippen molar-refractivity contribution in [1.82, 2.24) is 9.88 Å². The summed E-state index contributed by atoms with van der Waals surface area (Å²) in [4.78, 5) is 21.3. The normalized spacial score (nSPS) is 16.0. The first-order valence-electron chi connectivity index (χ1n) is 7.75. The van der Waals surface area contributed by atoms with E-state index in [1.807, 2.05) is 30.8 Å². The van der Waals surface area contributed by atoms with Gasteiger partial charge in [-0.3, -0.25) is 4.79 Å². The summed E-state index contributed by atoms with van der Waals surface area (Å²) in [6, 6.07) is 0. The zero-order valence-electron chi connectivity index (χ0n) is 13.3. The molecule has 0 spiro atoms. The number of carbonyl (C=O) groups excluding carboxylic acids is 1. The maximum absolute atomic E-state index is 12.6. The first kappa shape index (κ1) is 16.1. The van der Waals surface area contributed by atoms with Gasteiger partial charge in [-0.2, -0.15) is 0 Å². The molecule has 1 aliphatic carbocycles. The number of carbonyl (C=O) groups is 1. The van der Waals surface area contributed by atoms with Crippen molar-refractivity contribution in [3.05, 3.63) is 4.88 Å². The molecule has 1 aromatic heterocycles. The molecule has 2 N–H and O–H groups in total. The van der Waals surface area contributed by atoms with E-state index >= 15 is 0 Å². The lowest BCUT2D eigenvalue weighted by atomic mass is 9.89. The van der Waals surface area contributed by atoms with Crippen LogP contribution in [0.2, 0.25) is 0 Å². The number of hydrogen-bond acceptors (Lipinski definition) is 5. The van der Waals surface area contributed by atoms with Crippen LogP contribution >= 0.6 is 11.3 Å². The molecule has 5 nitrogen and oxygen atoms in total. The van der Waals surface area contributed by atoms with Gasteiger partial charge in [0.1, 0.15) is 10.7 Å². The second kappa shape index (κ2) is 7.11. The molecular formula is C15H26N4OS. The van der Waals surface area contributed by atoms with E-state index in [1.165, 1.54) is 43.4 Å². The average molecular weight is 310 g/mol. The minimum atomic E-state index is 0.00586. The minimum absolute atomic E-state index is 0.00586. The number of anilines is 2. The maximum atomic E-state index is 12.6. The molecule has 118 valence electrons. The molecule has 0 unspecified atom stereocenters. The van der Waals surface area contributed by atoms with E-state index in [0.29, 0.717) is 16.6 Å². The molecule has 0 bridgehead atoms. The third-order valence-corrected chi connectivity index (χ3v) is 5.41. The van der Waals surface area contributed by atoms with E-state index in [-0.39, 0.29) is 5.91 Å². The van der Waals surface area contributed by atoms with Crippen LogP contribution in [0.4, 0.5) is 10.9 Å². The van der Waals surface area contributed by atoms with Crippen molar-refractivity contribution in [1.29, 1.82) is 0 Å². The molecular weight excluding hydrogens is 284 g/mol. The SMILES string of the molecule is CCN(C)c1nc(N)c(C(=O)N(C)CC2CCCCC2)s1. The smallest absolute Gasteiger partial charge is 0.267 e. The highest BCUT2D eigenvalue weighted by Crippen LogP contribution is 2.29.